The second kappa shape index (κ2) is 7.61. The van der Waals surface area contributed by atoms with Gasteiger partial charge in [0.05, 0.1) is 6.54 Å². The molecule has 120 valence electrons. The third kappa shape index (κ3) is 3.78. The summed E-state index contributed by atoms with van der Waals surface area (Å²) in [6, 6.07) is 8.60. The van der Waals surface area contributed by atoms with E-state index in [1.54, 1.807) is 6.33 Å². The van der Waals surface area contributed by atoms with E-state index in [1.165, 1.54) is 11.3 Å². The maximum Gasteiger partial charge on any atom is 0.146 e. The van der Waals surface area contributed by atoms with E-state index in [4.69, 9.17) is 0 Å². The molecule has 1 aromatic heterocycles. The number of halogens is 1. The molecule has 1 N–H and O–H groups in total. The van der Waals surface area contributed by atoms with E-state index in [9.17, 15) is 0 Å². The van der Waals surface area contributed by atoms with E-state index in [-0.39, 0.29) is 12.4 Å². The molecule has 5 nitrogen and oxygen atoms in total. The first-order valence-electron chi connectivity index (χ1n) is 7.64. The minimum atomic E-state index is 0. The Kier molecular flexibility index (Phi) is 5.80. The highest BCUT2D eigenvalue weighted by atomic mass is 35.5. The van der Waals surface area contributed by atoms with Crippen molar-refractivity contribution in [2.45, 2.75) is 33.5 Å². The Morgan fingerprint density at radius 3 is 2.91 bits per heavy atom. The number of fused-ring (bicyclic) bond motifs is 1. The van der Waals surface area contributed by atoms with E-state index in [1.807, 2.05) is 4.68 Å². The first-order valence-corrected chi connectivity index (χ1v) is 7.64. The van der Waals surface area contributed by atoms with Crippen molar-refractivity contribution in [3.05, 3.63) is 42.0 Å². The summed E-state index contributed by atoms with van der Waals surface area (Å²) in [6.07, 6.45) is 1.67. The van der Waals surface area contributed by atoms with Crippen LogP contribution < -0.4 is 10.2 Å². The monoisotopic (exact) mass is 321 g/mol. The standard InChI is InChI=1S/C16H23N5.ClH/c1-13(2)10-21-16(18-12-19-21)11-20-8-7-17-9-14-5-3-4-6-15(14)20;/h3-6,12-13,17H,7-11H2,1-2H3;1H. The molecule has 0 saturated heterocycles. The lowest BCUT2D eigenvalue weighted by molar-refractivity contribution is 0.463. The van der Waals surface area contributed by atoms with Gasteiger partial charge < -0.3 is 10.2 Å². The van der Waals surface area contributed by atoms with Gasteiger partial charge in [-0.25, -0.2) is 9.67 Å². The Balaban J connectivity index is 0.00000176. The summed E-state index contributed by atoms with van der Waals surface area (Å²) in [6.45, 7) is 9.06. The molecule has 0 atom stereocenters. The number of hydrogen-bond donors (Lipinski definition) is 1. The molecule has 2 aromatic rings. The fourth-order valence-corrected chi connectivity index (χ4v) is 2.77. The summed E-state index contributed by atoms with van der Waals surface area (Å²) < 4.78 is 2.03. The topological polar surface area (TPSA) is 46.0 Å². The van der Waals surface area contributed by atoms with Crippen LogP contribution in [0.1, 0.15) is 25.2 Å². The van der Waals surface area contributed by atoms with Gasteiger partial charge in [0.2, 0.25) is 0 Å². The largest absolute Gasteiger partial charge is 0.362 e. The van der Waals surface area contributed by atoms with E-state index in [0.717, 1.165) is 38.5 Å². The maximum absolute atomic E-state index is 4.46. The summed E-state index contributed by atoms with van der Waals surface area (Å²) in [7, 11) is 0. The smallest absolute Gasteiger partial charge is 0.146 e. The number of para-hydroxylation sites is 1. The third-order valence-electron chi connectivity index (χ3n) is 3.77. The summed E-state index contributed by atoms with van der Waals surface area (Å²) >= 11 is 0. The van der Waals surface area contributed by atoms with Crippen LogP contribution in [-0.4, -0.2) is 27.9 Å². The molecule has 1 aliphatic rings. The van der Waals surface area contributed by atoms with Gasteiger partial charge in [0, 0.05) is 31.9 Å². The zero-order valence-electron chi connectivity index (χ0n) is 13.2. The van der Waals surface area contributed by atoms with Crippen molar-refractivity contribution in [3.8, 4) is 0 Å². The zero-order valence-corrected chi connectivity index (χ0v) is 14.0. The van der Waals surface area contributed by atoms with Gasteiger partial charge in [0.15, 0.2) is 0 Å². The fraction of sp³-hybridized carbons (Fsp3) is 0.500. The number of nitrogens with one attached hydrogen (secondary N) is 1. The van der Waals surface area contributed by atoms with Crippen molar-refractivity contribution in [1.29, 1.82) is 0 Å². The molecule has 1 aliphatic heterocycles. The average molecular weight is 322 g/mol. The lowest BCUT2D eigenvalue weighted by Gasteiger charge is -2.24. The Morgan fingerprint density at radius 2 is 2.09 bits per heavy atom. The quantitative estimate of drug-likeness (QED) is 0.939. The summed E-state index contributed by atoms with van der Waals surface area (Å²) in [5.74, 6) is 1.61. The molecule has 0 fully saturated rings. The minimum absolute atomic E-state index is 0. The molecule has 6 heteroatoms. The van der Waals surface area contributed by atoms with E-state index < -0.39 is 0 Å². The number of anilines is 1. The van der Waals surface area contributed by atoms with Crippen molar-refractivity contribution in [1.82, 2.24) is 20.1 Å². The SMILES string of the molecule is CC(C)Cn1ncnc1CN1CCNCc2ccccc21.Cl. The maximum atomic E-state index is 4.46. The molecular formula is C16H24ClN5. The fourth-order valence-electron chi connectivity index (χ4n) is 2.77. The van der Waals surface area contributed by atoms with Gasteiger partial charge in [-0.15, -0.1) is 12.4 Å². The second-order valence-electron chi connectivity index (χ2n) is 5.98. The van der Waals surface area contributed by atoms with Gasteiger partial charge in [-0.05, 0) is 17.5 Å². The molecule has 0 radical (unpaired) electrons. The van der Waals surface area contributed by atoms with Crippen LogP contribution in [0.2, 0.25) is 0 Å². The van der Waals surface area contributed by atoms with Crippen LogP contribution in [0, 0.1) is 5.92 Å². The van der Waals surface area contributed by atoms with Crippen molar-refractivity contribution < 1.29 is 0 Å². The molecule has 0 bridgehead atoms. The second-order valence-corrected chi connectivity index (χ2v) is 5.98. The van der Waals surface area contributed by atoms with Crippen LogP contribution in [0.25, 0.3) is 0 Å². The van der Waals surface area contributed by atoms with Gasteiger partial charge in [-0.2, -0.15) is 5.10 Å². The van der Waals surface area contributed by atoms with Crippen LogP contribution >= 0.6 is 12.4 Å². The number of hydrogen-bond acceptors (Lipinski definition) is 4. The summed E-state index contributed by atoms with van der Waals surface area (Å²) in [4.78, 5) is 6.86. The highest BCUT2D eigenvalue weighted by molar-refractivity contribution is 5.85. The summed E-state index contributed by atoms with van der Waals surface area (Å²) in [5.41, 5.74) is 2.66. The van der Waals surface area contributed by atoms with Crippen molar-refractivity contribution in [2.75, 3.05) is 18.0 Å². The van der Waals surface area contributed by atoms with Crippen molar-refractivity contribution in [2.24, 2.45) is 5.92 Å². The first-order chi connectivity index (χ1) is 10.2. The lowest BCUT2D eigenvalue weighted by atomic mass is 10.1. The van der Waals surface area contributed by atoms with Crippen molar-refractivity contribution in [3.63, 3.8) is 0 Å². The van der Waals surface area contributed by atoms with E-state index in [0.29, 0.717) is 5.92 Å². The van der Waals surface area contributed by atoms with Crippen LogP contribution in [0.5, 0.6) is 0 Å². The Bertz CT molecular complexity index is 596. The molecule has 1 aromatic carbocycles. The lowest BCUT2D eigenvalue weighted by Crippen LogP contribution is -2.30. The van der Waals surface area contributed by atoms with Crippen LogP contribution in [0.4, 0.5) is 5.69 Å². The van der Waals surface area contributed by atoms with E-state index >= 15 is 0 Å². The Morgan fingerprint density at radius 1 is 1.27 bits per heavy atom. The Labute approximate surface area is 138 Å². The molecule has 22 heavy (non-hydrogen) atoms. The first kappa shape index (κ1) is 16.8. The molecule has 0 aliphatic carbocycles. The predicted octanol–water partition coefficient (Wildman–Crippen LogP) is 2.47. The highest BCUT2D eigenvalue weighted by Gasteiger charge is 2.17. The molecule has 0 amide bonds. The number of benzene rings is 1. The van der Waals surface area contributed by atoms with Gasteiger partial charge in [0.25, 0.3) is 0 Å². The third-order valence-corrected chi connectivity index (χ3v) is 3.77. The van der Waals surface area contributed by atoms with Gasteiger partial charge in [-0.1, -0.05) is 32.0 Å². The molecule has 0 unspecified atom stereocenters. The number of rotatable bonds is 4. The molecular weight excluding hydrogens is 298 g/mol. The highest BCUT2D eigenvalue weighted by Crippen LogP contribution is 2.23. The Hall–Kier alpha value is -1.59. The predicted molar refractivity (Wildman–Crippen MR) is 91.3 cm³/mol. The van der Waals surface area contributed by atoms with E-state index in [2.05, 4.69) is 58.4 Å². The average Bonchev–Trinajstić information content (AvgIpc) is 2.78. The normalized spacial score (nSPS) is 14.4. The molecule has 0 saturated carbocycles. The van der Waals surface area contributed by atoms with Gasteiger partial charge in [-0.3, -0.25) is 0 Å². The molecule has 3 rings (SSSR count). The van der Waals surface area contributed by atoms with Crippen LogP contribution in [-0.2, 0) is 19.6 Å². The number of nitrogens with zero attached hydrogens (tertiary/aromatic N) is 4. The number of aromatic nitrogens is 3. The van der Waals surface area contributed by atoms with Crippen molar-refractivity contribution >= 4 is 18.1 Å². The molecule has 2 heterocycles. The van der Waals surface area contributed by atoms with Gasteiger partial charge >= 0.3 is 0 Å². The summed E-state index contributed by atoms with van der Waals surface area (Å²) in [5, 5.41) is 7.84. The molecule has 0 spiro atoms. The van der Waals surface area contributed by atoms with Crippen LogP contribution in [0.15, 0.2) is 30.6 Å². The van der Waals surface area contributed by atoms with Gasteiger partial charge in [0.1, 0.15) is 12.2 Å². The zero-order chi connectivity index (χ0) is 14.7. The minimum Gasteiger partial charge on any atom is -0.362 e. The van der Waals surface area contributed by atoms with Crippen LogP contribution in [0.3, 0.4) is 0 Å².